The number of carbonyl (C=O) groups excluding carboxylic acids is 1. The van der Waals surface area contributed by atoms with Crippen molar-refractivity contribution in [2.45, 2.75) is 67.6 Å². The number of aliphatic hydroxyl groups is 6. The number of ether oxygens (including phenoxy) is 4. The molecule has 0 amide bonds. The van der Waals surface area contributed by atoms with Gasteiger partial charge in [-0.25, -0.2) is 4.79 Å². The molecule has 0 bridgehead atoms. The van der Waals surface area contributed by atoms with Crippen LogP contribution in [0, 0.1) is 5.92 Å². The molecule has 1 aromatic carbocycles. The third-order valence-corrected chi connectivity index (χ3v) is 6.77. The van der Waals surface area contributed by atoms with E-state index in [1.54, 1.807) is 18.2 Å². The number of rotatable bonds is 6. The standard InChI is InChI=1S/C24H30O11/c1-23(35-16(27)8-7-13-5-3-2-4-6-13)11-15(26)24(31)9-10-32-22(20(23)24)34-21-19(30)18(29)17(28)14(12-25)33-21/h2-10,14-15,17-22,25-26,28-31H,11-12H2,1H3/b8-7+/t14-,15+,17+,18+,19+,20+,21+,22-,23-,24-/m0/s1. The number of benzene rings is 1. The highest BCUT2D eigenvalue weighted by molar-refractivity contribution is 5.87. The van der Waals surface area contributed by atoms with Gasteiger partial charge in [0.1, 0.15) is 35.6 Å². The normalized spacial score (nSPS) is 43.1. The van der Waals surface area contributed by atoms with E-state index >= 15 is 0 Å². The topological polar surface area (TPSA) is 175 Å². The SMILES string of the molecule is C[C@]1(OC(=O)/C=C/c2ccccc2)C[C@@H](O)[C@@]2(O)C=CO[C@@H](O[C@H]3O[C@@H](CO)[C@@H](O)[C@@H](O)[C@H]3O)[C@@H]21. The lowest BCUT2D eigenvalue weighted by molar-refractivity contribution is -0.351. The molecule has 1 saturated carbocycles. The Hall–Kier alpha value is -2.35. The minimum absolute atomic E-state index is 0.151. The molecule has 10 atom stereocenters. The van der Waals surface area contributed by atoms with Gasteiger partial charge in [0.15, 0.2) is 6.29 Å². The molecule has 1 aromatic rings. The Kier molecular flexibility index (Phi) is 7.32. The smallest absolute Gasteiger partial charge is 0.331 e. The van der Waals surface area contributed by atoms with Crippen LogP contribution in [-0.2, 0) is 23.7 Å². The summed E-state index contributed by atoms with van der Waals surface area (Å²) in [6.45, 7) is 0.852. The summed E-state index contributed by atoms with van der Waals surface area (Å²) in [7, 11) is 0. The van der Waals surface area contributed by atoms with Gasteiger partial charge >= 0.3 is 5.97 Å². The number of hydrogen-bond acceptors (Lipinski definition) is 11. The molecule has 0 unspecified atom stereocenters. The molecule has 1 aliphatic carbocycles. The van der Waals surface area contributed by atoms with Crippen molar-refractivity contribution in [1.29, 1.82) is 0 Å². The van der Waals surface area contributed by atoms with E-state index in [4.69, 9.17) is 18.9 Å². The Morgan fingerprint density at radius 1 is 1.11 bits per heavy atom. The van der Waals surface area contributed by atoms with Gasteiger partial charge < -0.3 is 49.6 Å². The highest BCUT2D eigenvalue weighted by Crippen LogP contribution is 2.51. The van der Waals surface area contributed by atoms with Crippen molar-refractivity contribution in [2.75, 3.05) is 6.61 Å². The van der Waals surface area contributed by atoms with Gasteiger partial charge in [-0.05, 0) is 24.6 Å². The number of fused-ring (bicyclic) bond motifs is 1. The molecule has 0 spiro atoms. The van der Waals surface area contributed by atoms with Crippen LogP contribution in [-0.4, -0.2) is 97.5 Å². The maximum absolute atomic E-state index is 12.6. The fourth-order valence-corrected chi connectivity index (χ4v) is 4.92. The lowest BCUT2D eigenvalue weighted by Crippen LogP contribution is -2.62. The second kappa shape index (κ2) is 9.96. The molecule has 11 heteroatoms. The van der Waals surface area contributed by atoms with E-state index < -0.39 is 72.8 Å². The predicted molar refractivity (Wildman–Crippen MR) is 118 cm³/mol. The highest BCUT2D eigenvalue weighted by Gasteiger charge is 2.66. The van der Waals surface area contributed by atoms with Gasteiger partial charge in [0.25, 0.3) is 0 Å². The Labute approximate surface area is 201 Å². The van der Waals surface area contributed by atoms with Crippen molar-refractivity contribution in [3.05, 3.63) is 54.3 Å². The molecule has 6 N–H and O–H groups in total. The average Bonchev–Trinajstić information content (AvgIpc) is 3.03. The van der Waals surface area contributed by atoms with Crippen LogP contribution in [0.2, 0.25) is 0 Å². The first-order valence-corrected chi connectivity index (χ1v) is 11.2. The monoisotopic (exact) mass is 494 g/mol. The number of aliphatic hydroxyl groups excluding tert-OH is 5. The maximum atomic E-state index is 12.6. The predicted octanol–water partition coefficient (Wildman–Crippen LogP) is -1.20. The van der Waals surface area contributed by atoms with Crippen molar-refractivity contribution < 1.29 is 54.4 Å². The summed E-state index contributed by atoms with van der Waals surface area (Å²) in [5.74, 6) is -1.90. The second-order valence-electron chi connectivity index (χ2n) is 9.20. The van der Waals surface area contributed by atoms with Gasteiger partial charge in [-0.15, -0.1) is 0 Å². The molecule has 2 heterocycles. The third kappa shape index (κ3) is 4.86. The molecule has 0 radical (unpaired) electrons. The van der Waals surface area contributed by atoms with Gasteiger partial charge in [-0.2, -0.15) is 0 Å². The minimum Gasteiger partial charge on any atom is -0.472 e. The highest BCUT2D eigenvalue weighted by atomic mass is 16.8. The Bertz CT molecular complexity index is 950. The molecule has 1 saturated heterocycles. The number of carbonyl (C=O) groups is 1. The van der Waals surface area contributed by atoms with Crippen LogP contribution < -0.4 is 0 Å². The first kappa shape index (κ1) is 25.7. The van der Waals surface area contributed by atoms with Gasteiger partial charge in [0, 0.05) is 12.5 Å². The molecule has 2 fully saturated rings. The molecule has 4 rings (SSSR count). The zero-order chi connectivity index (χ0) is 25.4. The quantitative estimate of drug-likeness (QED) is 0.207. The summed E-state index contributed by atoms with van der Waals surface area (Å²) in [4.78, 5) is 12.6. The first-order chi connectivity index (χ1) is 16.6. The Balaban J connectivity index is 1.55. The number of esters is 1. The van der Waals surface area contributed by atoms with Crippen molar-refractivity contribution in [3.63, 3.8) is 0 Å². The largest absolute Gasteiger partial charge is 0.472 e. The van der Waals surface area contributed by atoms with Crippen LogP contribution in [0.5, 0.6) is 0 Å². The van der Waals surface area contributed by atoms with Gasteiger partial charge in [0.2, 0.25) is 6.29 Å². The molecule has 2 aliphatic heterocycles. The van der Waals surface area contributed by atoms with E-state index in [0.29, 0.717) is 0 Å². The average molecular weight is 494 g/mol. The molecule has 35 heavy (non-hydrogen) atoms. The molecular weight excluding hydrogens is 464 g/mol. The number of hydrogen-bond donors (Lipinski definition) is 6. The summed E-state index contributed by atoms with van der Waals surface area (Å²) < 4.78 is 22.3. The van der Waals surface area contributed by atoms with Crippen LogP contribution in [0.3, 0.4) is 0 Å². The lowest BCUT2D eigenvalue weighted by atomic mass is 9.81. The minimum atomic E-state index is -1.91. The van der Waals surface area contributed by atoms with E-state index in [-0.39, 0.29) is 6.42 Å². The summed E-state index contributed by atoms with van der Waals surface area (Å²) in [6, 6.07) is 9.06. The summed E-state index contributed by atoms with van der Waals surface area (Å²) in [6.07, 6.45) is -5.57. The second-order valence-corrected chi connectivity index (χ2v) is 9.20. The van der Waals surface area contributed by atoms with E-state index in [1.165, 1.54) is 19.1 Å². The van der Waals surface area contributed by atoms with Crippen LogP contribution in [0.4, 0.5) is 0 Å². The van der Waals surface area contributed by atoms with Crippen molar-refractivity contribution in [3.8, 4) is 0 Å². The summed E-state index contributed by atoms with van der Waals surface area (Å²) >= 11 is 0. The van der Waals surface area contributed by atoms with Gasteiger partial charge in [0.05, 0.1) is 24.9 Å². The molecular formula is C24H30O11. The van der Waals surface area contributed by atoms with Crippen LogP contribution in [0.1, 0.15) is 18.9 Å². The van der Waals surface area contributed by atoms with Crippen molar-refractivity contribution in [1.82, 2.24) is 0 Å². The van der Waals surface area contributed by atoms with Gasteiger partial charge in [-0.1, -0.05) is 30.3 Å². The van der Waals surface area contributed by atoms with Crippen LogP contribution in [0.25, 0.3) is 6.08 Å². The lowest BCUT2D eigenvalue weighted by Gasteiger charge is -2.45. The Morgan fingerprint density at radius 2 is 1.83 bits per heavy atom. The first-order valence-electron chi connectivity index (χ1n) is 11.2. The third-order valence-electron chi connectivity index (χ3n) is 6.77. The van der Waals surface area contributed by atoms with E-state index in [0.717, 1.165) is 11.8 Å². The summed E-state index contributed by atoms with van der Waals surface area (Å²) in [5, 5.41) is 61.7. The van der Waals surface area contributed by atoms with Gasteiger partial charge in [-0.3, -0.25) is 0 Å². The molecule has 192 valence electrons. The molecule has 11 nitrogen and oxygen atoms in total. The van der Waals surface area contributed by atoms with E-state index in [2.05, 4.69) is 0 Å². The van der Waals surface area contributed by atoms with Crippen molar-refractivity contribution >= 4 is 12.0 Å². The van der Waals surface area contributed by atoms with E-state index in [9.17, 15) is 35.4 Å². The van der Waals surface area contributed by atoms with Crippen LogP contribution in [0.15, 0.2) is 48.7 Å². The Morgan fingerprint density at radius 3 is 2.51 bits per heavy atom. The molecule has 3 aliphatic rings. The zero-order valence-electron chi connectivity index (χ0n) is 19.0. The summed E-state index contributed by atoms with van der Waals surface area (Å²) in [5.41, 5.74) is -2.62. The maximum Gasteiger partial charge on any atom is 0.331 e. The fraction of sp³-hybridized carbons (Fsp3) is 0.542. The fourth-order valence-electron chi connectivity index (χ4n) is 4.92. The van der Waals surface area contributed by atoms with Crippen LogP contribution >= 0.6 is 0 Å². The van der Waals surface area contributed by atoms with Crippen molar-refractivity contribution in [2.24, 2.45) is 5.92 Å². The zero-order valence-corrected chi connectivity index (χ0v) is 19.0. The molecule has 0 aromatic heterocycles. The van der Waals surface area contributed by atoms with E-state index in [1.807, 2.05) is 18.2 Å².